The van der Waals surface area contributed by atoms with Gasteiger partial charge in [0.2, 0.25) is 0 Å². The topological polar surface area (TPSA) is 53.5 Å². The smallest absolute Gasteiger partial charge is 0.252 e. The van der Waals surface area contributed by atoms with Crippen LogP contribution >= 0.6 is 0 Å². The monoisotopic (exact) mass is 235 g/mol. The molecule has 0 aromatic carbocycles. The fourth-order valence-corrected chi connectivity index (χ4v) is 2.83. The molecule has 3 fully saturated rings. The molecule has 2 saturated carbocycles. The molecule has 0 aromatic rings. The lowest BCUT2D eigenvalue weighted by atomic mass is 9.88. The summed E-state index contributed by atoms with van der Waals surface area (Å²) in [6.07, 6.45) is 4.76. The molecule has 1 heterocycles. The molecule has 0 spiro atoms. The number of carbonyl (C=O) groups excluding carboxylic acids is 1. The van der Waals surface area contributed by atoms with Gasteiger partial charge >= 0.3 is 0 Å². The van der Waals surface area contributed by atoms with E-state index >= 15 is 0 Å². The van der Waals surface area contributed by atoms with E-state index in [2.05, 4.69) is 29.5 Å². The molecule has 0 unspecified atom stereocenters. The normalized spacial score (nSPS) is 29.6. The fraction of sp³-hybridized carbons (Fsp3) is 0.846. The van der Waals surface area contributed by atoms with Crippen LogP contribution in [0, 0.1) is 17.8 Å². The summed E-state index contributed by atoms with van der Waals surface area (Å²) in [5.41, 5.74) is -0.296. The molecule has 1 aliphatic heterocycles. The van der Waals surface area contributed by atoms with Crippen molar-refractivity contribution in [2.75, 3.05) is 6.54 Å². The molecule has 3 aliphatic rings. The molecular formula is C13H21N3O. The van der Waals surface area contributed by atoms with Crippen LogP contribution in [0.3, 0.4) is 0 Å². The number of nitrogens with zero attached hydrogens (tertiary/aromatic N) is 1. The van der Waals surface area contributed by atoms with Gasteiger partial charge in [0.25, 0.3) is 5.91 Å². The van der Waals surface area contributed by atoms with Crippen molar-refractivity contribution < 1.29 is 4.79 Å². The van der Waals surface area contributed by atoms with Gasteiger partial charge in [-0.05, 0) is 43.4 Å². The standard InChI is InChI=1S/C13H21N3O/c1-8(2)7-14-12-15-11(17)13(16-12,9-3-4-9)10-5-6-10/h8-10H,3-7H2,1-2H3,(H2,14,15,16,17). The first-order valence-corrected chi connectivity index (χ1v) is 6.77. The number of hydrogen-bond donors (Lipinski definition) is 2. The lowest BCUT2D eigenvalue weighted by molar-refractivity contribution is -0.125. The SMILES string of the molecule is CC(C)CN=C1NC(=O)C(C2CC2)(C2CC2)N1. The Balaban J connectivity index is 1.78. The molecule has 1 amide bonds. The van der Waals surface area contributed by atoms with Crippen molar-refractivity contribution in [3.63, 3.8) is 0 Å². The van der Waals surface area contributed by atoms with Gasteiger partial charge in [0.05, 0.1) is 0 Å². The summed E-state index contributed by atoms with van der Waals surface area (Å²) < 4.78 is 0. The summed E-state index contributed by atoms with van der Waals surface area (Å²) >= 11 is 0. The van der Waals surface area contributed by atoms with Gasteiger partial charge < -0.3 is 5.32 Å². The zero-order valence-corrected chi connectivity index (χ0v) is 10.6. The molecule has 4 nitrogen and oxygen atoms in total. The lowest BCUT2D eigenvalue weighted by Crippen LogP contribution is -2.51. The Morgan fingerprint density at radius 2 is 1.88 bits per heavy atom. The van der Waals surface area contributed by atoms with Crippen molar-refractivity contribution >= 4 is 11.9 Å². The number of aliphatic imine (C=N–C) groups is 1. The first-order valence-electron chi connectivity index (χ1n) is 6.77. The Morgan fingerprint density at radius 3 is 2.35 bits per heavy atom. The third-order valence-electron chi connectivity index (χ3n) is 3.99. The van der Waals surface area contributed by atoms with Crippen LogP contribution in [0.4, 0.5) is 0 Å². The minimum atomic E-state index is -0.296. The van der Waals surface area contributed by atoms with Crippen LogP contribution in [0.15, 0.2) is 4.99 Å². The number of guanidine groups is 1. The highest BCUT2D eigenvalue weighted by Crippen LogP contribution is 2.53. The van der Waals surface area contributed by atoms with Gasteiger partial charge in [-0.25, -0.2) is 0 Å². The number of nitrogens with one attached hydrogen (secondary N) is 2. The van der Waals surface area contributed by atoms with Gasteiger partial charge in [0.15, 0.2) is 5.96 Å². The largest absolute Gasteiger partial charge is 0.341 e. The minimum absolute atomic E-state index is 0.171. The third-order valence-corrected chi connectivity index (χ3v) is 3.99. The molecule has 17 heavy (non-hydrogen) atoms. The first kappa shape index (κ1) is 11.1. The number of hydrogen-bond acceptors (Lipinski definition) is 2. The summed E-state index contributed by atoms with van der Waals surface area (Å²) in [6, 6.07) is 0. The van der Waals surface area contributed by atoms with Crippen LogP contribution < -0.4 is 10.6 Å². The van der Waals surface area contributed by atoms with Crippen molar-refractivity contribution in [2.24, 2.45) is 22.7 Å². The van der Waals surface area contributed by atoms with Gasteiger partial charge in [0, 0.05) is 6.54 Å². The zero-order valence-electron chi connectivity index (χ0n) is 10.6. The fourth-order valence-electron chi connectivity index (χ4n) is 2.83. The van der Waals surface area contributed by atoms with Crippen molar-refractivity contribution in [1.29, 1.82) is 0 Å². The Hall–Kier alpha value is -1.06. The van der Waals surface area contributed by atoms with Crippen molar-refractivity contribution in [3.05, 3.63) is 0 Å². The number of carbonyl (C=O) groups is 1. The van der Waals surface area contributed by atoms with Crippen LogP contribution in [0.5, 0.6) is 0 Å². The first-order chi connectivity index (χ1) is 8.13. The van der Waals surface area contributed by atoms with E-state index in [1.807, 2.05) is 0 Å². The lowest BCUT2D eigenvalue weighted by Gasteiger charge is -2.26. The third kappa shape index (κ3) is 1.83. The number of amides is 1. The second kappa shape index (κ2) is 3.72. The summed E-state index contributed by atoms with van der Waals surface area (Å²) in [4.78, 5) is 16.7. The van der Waals surface area contributed by atoms with Crippen LogP contribution in [0.25, 0.3) is 0 Å². The molecule has 94 valence electrons. The van der Waals surface area contributed by atoms with E-state index in [4.69, 9.17) is 0 Å². The highest BCUT2D eigenvalue weighted by molar-refractivity contribution is 6.09. The quantitative estimate of drug-likeness (QED) is 0.771. The van der Waals surface area contributed by atoms with Gasteiger partial charge in [-0.2, -0.15) is 0 Å². The van der Waals surface area contributed by atoms with Gasteiger partial charge in [0.1, 0.15) is 5.54 Å². The van der Waals surface area contributed by atoms with Crippen molar-refractivity contribution in [3.8, 4) is 0 Å². The van der Waals surface area contributed by atoms with E-state index in [1.54, 1.807) is 0 Å². The van der Waals surface area contributed by atoms with Gasteiger partial charge in [-0.3, -0.25) is 15.1 Å². The second-order valence-electron chi connectivity index (χ2n) is 6.08. The summed E-state index contributed by atoms with van der Waals surface area (Å²) in [5, 5.41) is 6.37. The molecule has 0 bridgehead atoms. The predicted octanol–water partition coefficient (Wildman–Crippen LogP) is 1.28. The van der Waals surface area contributed by atoms with Gasteiger partial charge in [-0.15, -0.1) is 0 Å². The van der Waals surface area contributed by atoms with Crippen LogP contribution in [-0.4, -0.2) is 24.0 Å². The summed E-state index contributed by atoms with van der Waals surface area (Å²) in [6.45, 7) is 5.04. The van der Waals surface area contributed by atoms with Crippen LogP contribution in [0.1, 0.15) is 39.5 Å². The Labute approximate surface area is 102 Å². The highest BCUT2D eigenvalue weighted by Gasteiger charge is 2.62. The van der Waals surface area contributed by atoms with E-state index in [-0.39, 0.29) is 11.4 Å². The molecule has 0 atom stereocenters. The van der Waals surface area contributed by atoms with Crippen LogP contribution in [0.2, 0.25) is 0 Å². The maximum Gasteiger partial charge on any atom is 0.252 e. The van der Waals surface area contributed by atoms with Crippen molar-refractivity contribution in [1.82, 2.24) is 10.6 Å². The van der Waals surface area contributed by atoms with Crippen LogP contribution in [-0.2, 0) is 4.79 Å². The average molecular weight is 235 g/mol. The van der Waals surface area contributed by atoms with E-state index in [0.29, 0.717) is 23.7 Å². The molecule has 0 aromatic heterocycles. The Kier molecular flexibility index (Phi) is 2.42. The van der Waals surface area contributed by atoms with Crippen molar-refractivity contribution in [2.45, 2.75) is 45.1 Å². The van der Waals surface area contributed by atoms with E-state index in [1.165, 1.54) is 25.7 Å². The molecular weight excluding hydrogens is 214 g/mol. The van der Waals surface area contributed by atoms with E-state index < -0.39 is 0 Å². The molecule has 2 aliphatic carbocycles. The summed E-state index contributed by atoms with van der Waals surface area (Å²) in [7, 11) is 0. The average Bonchev–Trinajstić information content (AvgIpc) is 3.12. The Bertz CT molecular complexity index is 355. The molecule has 2 N–H and O–H groups in total. The molecule has 1 saturated heterocycles. The minimum Gasteiger partial charge on any atom is -0.341 e. The highest BCUT2D eigenvalue weighted by atomic mass is 16.2. The Morgan fingerprint density at radius 1 is 1.29 bits per heavy atom. The van der Waals surface area contributed by atoms with Gasteiger partial charge in [-0.1, -0.05) is 13.8 Å². The second-order valence-corrected chi connectivity index (χ2v) is 6.08. The van der Waals surface area contributed by atoms with E-state index in [9.17, 15) is 4.79 Å². The molecule has 4 heteroatoms. The maximum absolute atomic E-state index is 12.3. The number of rotatable bonds is 4. The zero-order chi connectivity index (χ0) is 12.0. The molecule has 0 radical (unpaired) electrons. The summed E-state index contributed by atoms with van der Waals surface area (Å²) in [5.74, 6) is 2.49. The maximum atomic E-state index is 12.3. The van der Waals surface area contributed by atoms with E-state index in [0.717, 1.165) is 6.54 Å². The molecule has 3 rings (SSSR count). The predicted molar refractivity (Wildman–Crippen MR) is 66.6 cm³/mol.